The van der Waals surface area contributed by atoms with Gasteiger partial charge < -0.3 is 19.2 Å². The molecule has 1 aliphatic rings. The zero-order valence-electron chi connectivity index (χ0n) is 14.2. The molecule has 134 valence electrons. The summed E-state index contributed by atoms with van der Waals surface area (Å²) in [5, 5.41) is 0. The maximum atomic E-state index is 11.9. The Morgan fingerprint density at radius 1 is 1.32 bits per heavy atom. The van der Waals surface area contributed by atoms with Gasteiger partial charge in [-0.15, -0.1) is 0 Å². The number of aromatic amines is 1. The second-order valence-electron chi connectivity index (χ2n) is 6.06. The molecule has 0 aliphatic carbocycles. The van der Waals surface area contributed by atoms with Crippen LogP contribution in [0.3, 0.4) is 0 Å². The standard InChI is InChI=1S/C15H18N4O6/c1-7-11(24-8(2)20)15(4,25-9(3)21)14(23-7)19-6-18-10-12(19)16-5-17-13(10)22/h5-7,11,14H,1-4H3,(H,16,17,22)/t7-,11?,14+,15?/m0/s1. The van der Waals surface area contributed by atoms with E-state index in [4.69, 9.17) is 14.2 Å². The molecule has 4 atom stereocenters. The van der Waals surface area contributed by atoms with Crippen LogP contribution >= 0.6 is 0 Å². The summed E-state index contributed by atoms with van der Waals surface area (Å²) in [6.07, 6.45) is 0.349. The van der Waals surface area contributed by atoms with E-state index >= 15 is 0 Å². The van der Waals surface area contributed by atoms with E-state index in [0.29, 0.717) is 0 Å². The Kier molecular flexibility index (Phi) is 4.07. The van der Waals surface area contributed by atoms with Crippen LogP contribution in [0, 0.1) is 0 Å². The Labute approximate surface area is 142 Å². The van der Waals surface area contributed by atoms with Gasteiger partial charge in [0.2, 0.25) is 0 Å². The molecule has 1 fully saturated rings. The molecule has 0 aromatic carbocycles. The number of ether oxygens (including phenoxy) is 3. The lowest BCUT2D eigenvalue weighted by molar-refractivity contribution is -0.184. The van der Waals surface area contributed by atoms with Crippen molar-refractivity contribution in [3.05, 3.63) is 23.0 Å². The van der Waals surface area contributed by atoms with Crippen molar-refractivity contribution in [1.82, 2.24) is 19.5 Å². The number of carbonyl (C=O) groups is 2. The molecule has 0 amide bonds. The summed E-state index contributed by atoms with van der Waals surface area (Å²) in [6, 6.07) is 0. The molecule has 0 bridgehead atoms. The Bertz CT molecular complexity index is 890. The second kappa shape index (κ2) is 5.96. The molecular weight excluding hydrogens is 332 g/mol. The second-order valence-corrected chi connectivity index (χ2v) is 6.06. The molecule has 3 heterocycles. The van der Waals surface area contributed by atoms with Crippen LogP contribution in [0.4, 0.5) is 0 Å². The minimum atomic E-state index is -1.32. The number of rotatable bonds is 3. The molecule has 1 saturated heterocycles. The van der Waals surface area contributed by atoms with Gasteiger partial charge >= 0.3 is 11.9 Å². The number of imidazole rings is 1. The van der Waals surface area contributed by atoms with E-state index < -0.39 is 41.5 Å². The van der Waals surface area contributed by atoms with Gasteiger partial charge in [-0.2, -0.15) is 0 Å². The largest absolute Gasteiger partial charge is 0.455 e. The van der Waals surface area contributed by atoms with Crippen molar-refractivity contribution < 1.29 is 23.8 Å². The summed E-state index contributed by atoms with van der Waals surface area (Å²) >= 11 is 0. The third-order valence-electron chi connectivity index (χ3n) is 4.10. The Morgan fingerprint density at radius 3 is 2.68 bits per heavy atom. The van der Waals surface area contributed by atoms with Crippen LogP contribution < -0.4 is 5.56 Å². The third-order valence-corrected chi connectivity index (χ3v) is 4.10. The Hall–Kier alpha value is -2.75. The topological polar surface area (TPSA) is 125 Å². The van der Waals surface area contributed by atoms with E-state index in [-0.39, 0.29) is 11.2 Å². The average molecular weight is 350 g/mol. The van der Waals surface area contributed by atoms with E-state index in [1.807, 2.05) is 0 Å². The molecule has 2 unspecified atom stereocenters. The highest BCUT2D eigenvalue weighted by Crippen LogP contribution is 2.43. The van der Waals surface area contributed by atoms with Crippen LogP contribution in [0.1, 0.15) is 33.9 Å². The highest BCUT2D eigenvalue weighted by atomic mass is 16.7. The Morgan fingerprint density at radius 2 is 2.04 bits per heavy atom. The van der Waals surface area contributed by atoms with E-state index in [9.17, 15) is 14.4 Å². The summed E-state index contributed by atoms with van der Waals surface area (Å²) in [7, 11) is 0. The first-order chi connectivity index (χ1) is 11.7. The molecule has 1 N–H and O–H groups in total. The number of hydrogen-bond donors (Lipinski definition) is 1. The zero-order valence-corrected chi connectivity index (χ0v) is 14.2. The average Bonchev–Trinajstić information content (AvgIpc) is 3.02. The SMILES string of the molecule is CC(=O)OC1[C@H](C)O[C@@H](n2cnc3c(=O)[nH]cnc32)C1(C)OC(C)=O. The number of H-pyrrole nitrogens is 1. The summed E-state index contributed by atoms with van der Waals surface area (Å²) in [5.41, 5.74) is -1.34. The van der Waals surface area contributed by atoms with Gasteiger partial charge in [0.25, 0.3) is 5.56 Å². The molecule has 3 rings (SSSR count). The van der Waals surface area contributed by atoms with E-state index in [1.54, 1.807) is 13.8 Å². The molecule has 2 aromatic rings. The van der Waals surface area contributed by atoms with Crippen LogP contribution in [0.15, 0.2) is 17.4 Å². The molecule has 10 nitrogen and oxygen atoms in total. The number of hydrogen-bond acceptors (Lipinski definition) is 8. The lowest BCUT2D eigenvalue weighted by Crippen LogP contribution is -2.48. The smallest absolute Gasteiger partial charge is 0.303 e. The van der Waals surface area contributed by atoms with Crippen molar-refractivity contribution in [2.24, 2.45) is 0 Å². The molecule has 2 aromatic heterocycles. The molecule has 0 radical (unpaired) electrons. The third kappa shape index (κ3) is 2.78. The van der Waals surface area contributed by atoms with Crippen LogP contribution in [-0.2, 0) is 23.8 Å². The number of nitrogens with one attached hydrogen (secondary N) is 1. The maximum Gasteiger partial charge on any atom is 0.303 e. The number of carbonyl (C=O) groups excluding carboxylic acids is 2. The van der Waals surface area contributed by atoms with Gasteiger partial charge in [0.05, 0.1) is 18.8 Å². The van der Waals surface area contributed by atoms with Gasteiger partial charge in [0, 0.05) is 13.8 Å². The maximum absolute atomic E-state index is 11.9. The lowest BCUT2D eigenvalue weighted by Gasteiger charge is -2.33. The predicted molar refractivity (Wildman–Crippen MR) is 83.5 cm³/mol. The number of fused-ring (bicyclic) bond motifs is 1. The van der Waals surface area contributed by atoms with E-state index in [1.165, 1.54) is 31.1 Å². The first-order valence-corrected chi connectivity index (χ1v) is 7.66. The van der Waals surface area contributed by atoms with Crippen molar-refractivity contribution in [3.8, 4) is 0 Å². The summed E-state index contributed by atoms with van der Waals surface area (Å²) in [5.74, 6) is -1.08. The first-order valence-electron chi connectivity index (χ1n) is 7.66. The van der Waals surface area contributed by atoms with Crippen LogP contribution in [0.25, 0.3) is 11.2 Å². The molecule has 1 aliphatic heterocycles. The van der Waals surface area contributed by atoms with Crippen molar-refractivity contribution in [3.63, 3.8) is 0 Å². The highest BCUT2D eigenvalue weighted by Gasteiger charge is 2.58. The van der Waals surface area contributed by atoms with Crippen molar-refractivity contribution >= 4 is 23.1 Å². The molecule has 0 spiro atoms. The monoisotopic (exact) mass is 350 g/mol. The van der Waals surface area contributed by atoms with Crippen LogP contribution in [-0.4, -0.2) is 49.3 Å². The predicted octanol–water partition coefficient (Wildman–Crippen LogP) is 0.290. The molecule has 0 saturated carbocycles. The summed E-state index contributed by atoms with van der Waals surface area (Å²) in [6.45, 7) is 5.83. The minimum absolute atomic E-state index is 0.125. The zero-order chi connectivity index (χ0) is 18.4. The number of aromatic nitrogens is 4. The summed E-state index contributed by atoms with van der Waals surface area (Å²) < 4.78 is 18.2. The van der Waals surface area contributed by atoms with Crippen LogP contribution in [0.5, 0.6) is 0 Å². The highest BCUT2D eigenvalue weighted by molar-refractivity contribution is 5.70. The summed E-state index contributed by atoms with van der Waals surface area (Å²) in [4.78, 5) is 45.6. The van der Waals surface area contributed by atoms with Crippen molar-refractivity contribution in [1.29, 1.82) is 0 Å². The number of esters is 2. The van der Waals surface area contributed by atoms with Gasteiger partial charge in [-0.1, -0.05) is 0 Å². The van der Waals surface area contributed by atoms with E-state index in [2.05, 4.69) is 15.0 Å². The van der Waals surface area contributed by atoms with Crippen molar-refractivity contribution in [2.75, 3.05) is 0 Å². The quantitative estimate of drug-likeness (QED) is 0.783. The van der Waals surface area contributed by atoms with Crippen LogP contribution in [0.2, 0.25) is 0 Å². The minimum Gasteiger partial charge on any atom is -0.455 e. The fraction of sp³-hybridized carbons (Fsp3) is 0.533. The van der Waals surface area contributed by atoms with Gasteiger partial charge in [-0.25, -0.2) is 9.97 Å². The Balaban J connectivity index is 2.12. The normalized spacial score (nSPS) is 28.9. The molecular formula is C15H18N4O6. The fourth-order valence-electron chi connectivity index (χ4n) is 3.20. The molecule has 10 heteroatoms. The lowest BCUT2D eigenvalue weighted by atomic mass is 9.96. The first kappa shape index (κ1) is 17.1. The van der Waals surface area contributed by atoms with Gasteiger partial charge in [-0.3, -0.25) is 19.0 Å². The van der Waals surface area contributed by atoms with Gasteiger partial charge in [-0.05, 0) is 13.8 Å². The van der Waals surface area contributed by atoms with Gasteiger partial charge in [0.15, 0.2) is 29.1 Å². The van der Waals surface area contributed by atoms with Gasteiger partial charge in [0.1, 0.15) is 0 Å². The number of nitrogens with zero attached hydrogens (tertiary/aromatic N) is 3. The van der Waals surface area contributed by atoms with Crippen molar-refractivity contribution in [2.45, 2.75) is 51.7 Å². The van der Waals surface area contributed by atoms with E-state index in [0.717, 1.165) is 0 Å². The fourth-order valence-corrected chi connectivity index (χ4v) is 3.20. The molecule has 25 heavy (non-hydrogen) atoms.